The highest BCUT2D eigenvalue weighted by molar-refractivity contribution is 5.97. The van der Waals surface area contributed by atoms with Crippen molar-refractivity contribution in [3.8, 4) is 0 Å². The van der Waals surface area contributed by atoms with E-state index in [2.05, 4.69) is 6.08 Å². The molecule has 0 unspecified atom stereocenters. The number of methoxy groups -OCH3 is 2. The normalized spacial score (nSPS) is 41.1. The van der Waals surface area contributed by atoms with Gasteiger partial charge in [-0.15, -0.1) is 0 Å². The Kier molecular flexibility index (Phi) is 2.14. The fraction of sp³-hybridized carbons (Fsp3) is 0.727. The number of allylic oxidation sites excluding steroid dienone is 1. The molecule has 0 amide bonds. The molecule has 3 nitrogen and oxygen atoms in total. The van der Waals surface area contributed by atoms with Gasteiger partial charge in [0.25, 0.3) is 0 Å². The Bertz CT molecular complexity index is 295. The molecule has 2 rings (SSSR count). The van der Waals surface area contributed by atoms with Crippen LogP contribution in [0.1, 0.15) is 19.8 Å². The average molecular weight is 196 g/mol. The Morgan fingerprint density at radius 2 is 2.21 bits per heavy atom. The minimum atomic E-state index is -0.602. The molecule has 1 fully saturated rings. The molecule has 0 bridgehead atoms. The Morgan fingerprint density at radius 3 is 2.79 bits per heavy atom. The van der Waals surface area contributed by atoms with E-state index in [1.165, 1.54) is 0 Å². The average Bonchev–Trinajstić information content (AvgIpc) is 2.26. The summed E-state index contributed by atoms with van der Waals surface area (Å²) in [6.07, 6.45) is 3.84. The topological polar surface area (TPSA) is 35.5 Å². The monoisotopic (exact) mass is 196 g/mol. The van der Waals surface area contributed by atoms with Gasteiger partial charge in [0.05, 0.1) is 12.9 Å². The van der Waals surface area contributed by atoms with Crippen molar-refractivity contribution in [2.45, 2.75) is 25.4 Å². The second-order valence-corrected chi connectivity index (χ2v) is 4.18. The van der Waals surface area contributed by atoms with Crippen molar-refractivity contribution in [1.29, 1.82) is 0 Å². The zero-order valence-corrected chi connectivity index (χ0v) is 8.87. The molecule has 0 radical (unpaired) electrons. The molecular weight excluding hydrogens is 180 g/mol. The van der Waals surface area contributed by atoms with Gasteiger partial charge in [0.1, 0.15) is 5.60 Å². The van der Waals surface area contributed by atoms with Gasteiger partial charge in [0, 0.05) is 25.4 Å². The highest BCUT2D eigenvalue weighted by atomic mass is 16.5. The predicted molar refractivity (Wildman–Crippen MR) is 51.7 cm³/mol. The first kappa shape index (κ1) is 9.71. The van der Waals surface area contributed by atoms with Crippen LogP contribution >= 0.6 is 0 Å². The minimum absolute atomic E-state index is 0.166. The molecule has 3 heteroatoms. The zero-order chi connectivity index (χ0) is 10.3. The van der Waals surface area contributed by atoms with Crippen molar-refractivity contribution >= 4 is 5.78 Å². The fourth-order valence-corrected chi connectivity index (χ4v) is 2.56. The molecule has 0 aromatic carbocycles. The van der Waals surface area contributed by atoms with Gasteiger partial charge in [0.15, 0.2) is 5.78 Å². The second kappa shape index (κ2) is 3.09. The van der Waals surface area contributed by atoms with Crippen LogP contribution in [0.25, 0.3) is 0 Å². The van der Waals surface area contributed by atoms with E-state index in [1.807, 2.05) is 6.92 Å². The molecule has 0 spiro atoms. The summed E-state index contributed by atoms with van der Waals surface area (Å²) in [6, 6.07) is 0. The molecule has 0 heterocycles. The number of carbonyl (C=O) groups excluding carboxylic acids is 1. The van der Waals surface area contributed by atoms with Gasteiger partial charge >= 0.3 is 0 Å². The molecule has 0 aliphatic heterocycles. The molecule has 0 aromatic heterocycles. The van der Waals surface area contributed by atoms with Gasteiger partial charge in [-0.3, -0.25) is 4.79 Å². The largest absolute Gasteiger partial charge is 0.501 e. The third kappa shape index (κ3) is 1.05. The smallest absolute Gasteiger partial charge is 0.168 e. The SMILES string of the molecule is COC1=C[C@H]2[C@@H](CC1)C(=O)[C@]2(C)OC. The van der Waals surface area contributed by atoms with E-state index in [0.29, 0.717) is 0 Å². The van der Waals surface area contributed by atoms with Gasteiger partial charge in [-0.2, -0.15) is 0 Å². The number of Topliss-reactive ketones (excluding diaryl/α,β-unsaturated/α-hetero) is 1. The van der Waals surface area contributed by atoms with Crippen LogP contribution in [-0.2, 0) is 14.3 Å². The van der Waals surface area contributed by atoms with Crippen LogP contribution in [-0.4, -0.2) is 25.6 Å². The van der Waals surface area contributed by atoms with E-state index in [4.69, 9.17) is 9.47 Å². The molecule has 1 saturated carbocycles. The molecule has 14 heavy (non-hydrogen) atoms. The number of hydrogen-bond donors (Lipinski definition) is 0. The number of ketones is 1. The Balaban J connectivity index is 2.24. The second-order valence-electron chi connectivity index (χ2n) is 4.18. The van der Waals surface area contributed by atoms with Crippen molar-refractivity contribution in [1.82, 2.24) is 0 Å². The Morgan fingerprint density at radius 1 is 1.50 bits per heavy atom. The van der Waals surface area contributed by atoms with E-state index in [1.54, 1.807) is 14.2 Å². The minimum Gasteiger partial charge on any atom is -0.501 e. The lowest BCUT2D eigenvalue weighted by atomic mass is 9.57. The highest BCUT2D eigenvalue weighted by Crippen LogP contribution is 2.49. The summed E-state index contributed by atoms with van der Waals surface area (Å²) >= 11 is 0. The number of carbonyl (C=O) groups is 1. The van der Waals surface area contributed by atoms with Crippen LogP contribution in [0.15, 0.2) is 11.8 Å². The standard InChI is InChI=1S/C11H16O3/c1-11(14-3)9-6-7(13-2)4-5-8(9)10(11)12/h6,8-9H,4-5H2,1-3H3/t8-,9+,11-/m1/s1. The first-order valence-electron chi connectivity index (χ1n) is 4.97. The first-order valence-corrected chi connectivity index (χ1v) is 4.97. The maximum absolute atomic E-state index is 11.7. The molecule has 0 aromatic rings. The van der Waals surface area contributed by atoms with E-state index in [0.717, 1.165) is 18.6 Å². The maximum atomic E-state index is 11.7. The lowest BCUT2D eigenvalue weighted by Gasteiger charge is -2.50. The van der Waals surface area contributed by atoms with Crippen molar-refractivity contribution in [3.63, 3.8) is 0 Å². The molecule has 3 atom stereocenters. The van der Waals surface area contributed by atoms with Crippen molar-refractivity contribution < 1.29 is 14.3 Å². The van der Waals surface area contributed by atoms with Crippen LogP contribution < -0.4 is 0 Å². The molecular formula is C11H16O3. The van der Waals surface area contributed by atoms with Crippen LogP contribution in [0.3, 0.4) is 0 Å². The van der Waals surface area contributed by atoms with Gasteiger partial charge in [-0.05, 0) is 19.4 Å². The van der Waals surface area contributed by atoms with Crippen LogP contribution in [0.4, 0.5) is 0 Å². The summed E-state index contributed by atoms with van der Waals surface area (Å²) < 4.78 is 10.5. The van der Waals surface area contributed by atoms with Gasteiger partial charge < -0.3 is 9.47 Å². The summed E-state index contributed by atoms with van der Waals surface area (Å²) in [6.45, 7) is 1.87. The maximum Gasteiger partial charge on any atom is 0.168 e. The van der Waals surface area contributed by atoms with Crippen molar-refractivity contribution in [3.05, 3.63) is 11.8 Å². The van der Waals surface area contributed by atoms with E-state index < -0.39 is 5.60 Å². The molecule has 2 aliphatic rings. The van der Waals surface area contributed by atoms with Gasteiger partial charge in [-0.1, -0.05) is 0 Å². The number of rotatable bonds is 2. The summed E-state index contributed by atoms with van der Waals surface area (Å²) in [7, 11) is 3.28. The van der Waals surface area contributed by atoms with Gasteiger partial charge in [-0.25, -0.2) is 0 Å². The van der Waals surface area contributed by atoms with E-state index >= 15 is 0 Å². The van der Waals surface area contributed by atoms with Gasteiger partial charge in [0.2, 0.25) is 0 Å². The molecule has 0 N–H and O–H groups in total. The number of fused-ring (bicyclic) bond motifs is 1. The molecule has 2 aliphatic carbocycles. The van der Waals surface area contributed by atoms with Crippen LogP contribution in [0.5, 0.6) is 0 Å². The lowest BCUT2D eigenvalue weighted by molar-refractivity contribution is -0.175. The number of ether oxygens (including phenoxy) is 2. The van der Waals surface area contributed by atoms with Crippen molar-refractivity contribution in [2.24, 2.45) is 11.8 Å². The summed E-state index contributed by atoms with van der Waals surface area (Å²) in [5.41, 5.74) is -0.602. The predicted octanol–water partition coefficient (Wildman–Crippen LogP) is 1.53. The highest BCUT2D eigenvalue weighted by Gasteiger charge is 2.59. The Hall–Kier alpha value is -0.830. The van der Waals surface area contributed by atoms with E-state index in [9.17, 15) is 4.79 Å². The van der Waals surface area contributed by atoms with Crippen molar-refractivity contribution in [2.75, 3.05) is 14.2 Å². The molecule has 78 valence electrons. The fourth-order valence-electron chi connectivity index (χ4n) is 2.56. The Labute approximate surface area is 84.1 Å². The summed E-state index contributed by atoms with van der Waals surface area (Å²) in [5.74, 6) is 1.61. The zero-order valence-electron chi connectivity index (χ0n) is 8.87. The number of hydrogen-bond acceptors (Lipinski definition) is 3. The molecule has 0 saturated heterocycles. The summed E-state index contributed by atoms with van der Waals surface area (Å²) in [4.78, 5) is 11.7. The summed E-state index contributed by atoms with van der Waals surface area (Å²) in [5, 5.41) is 0. The van der Waals surface area contributed by atoms with Crippen LogP contribution in [0.2, 0.25) is 0 Å². The van der Waals surface area contributed by atoms with E-state index in [-0.39, 0.29) is 17.6 Å². The quantitative estimate of drug-likeness (QED) is 0.672. The van der Waals surface area contributed by atoms with Crippen LogP contribution in [0, 0.1) is 11.8 Å². The third-order valence-electron chi connectivity index (χ3n) is 3.65. The third-order valence-corrected chi connectivity index (χ3v) is 3.65. The first-order chi connectivity index (χ1) is 6.63. The lowest BCUT2D eigenvalue weighted by Crippen LogP contribution is -2.62.